The van der Waals surface area contributed by atoms with Crippen LogP contribution in [0.15, 0.2) is 39.7 Å². The van der Waals surface area contributed by atoms with Gasteiger partial charge in [0.25, 0.3) is 10.0 Å². The lowest BCUT2D eigenvalue weighted by Crippen LogP contribution is -2.17. The highest BCUT2D eigenvalue weighted by molar-refractivity contribution is 9.10. The molecule has 1 N–H and O–H groups in total. The van der Waals surface area contributed by atoms with Gasteiger partial charge in [-0.25, -0.2) is 21.6 Å². The van der Waals surface area contributed by atoms with Crippen molar-refractivity contribution in [2.45, 2.75) is 4.90 Å². The monoisotopic (exact) mass is 399 g/mol. The molecule has 0 fully saturated rings. The highest BCUT2D eigenvalue weighted by atomic mass is 79.9. The second-order valence-electron chi connectivity index (χ2n) is 3.93. The summed E-state index contributed by atoms with van der Waals surface area (Å²) in [6.07, 6.45) is 0. The molecule has 2 aromatic rings. The fraction of sp³-hybridized carbons (Fsp3) is 0. The first-order valence-corrected chi connectivity index (χ1v) is 7.98. The number of halogens is 5. The molecular weight excluding hydrogens is 395 g/mol. The molecule has 3 nitrogen and oxygen atoms in total. The Hall–Kier alpha value is -1.25. The van der Waals surface area contributed by atoms with Crippen LogP contribution >= 0.6 is 27.5 Å². The van der Waals surface area contributed by atoms with E-state index in [0.29, 0.717) is 4.47 Å². The Labute approximate surface area is 131 Å². The van der Waals surface area contributed by atoms with Crippen LogP contribution in [0.5, 0.6) is 0 Å². The highest BCUT2D eigenvalue weighted by Crippen LogP contribution is 2.29. The average Bonchev–Trinajstić information content (AvgIpc) is 2.31. The third-order valence-corrected chi connectivity index (χ3v) is 4.75. The van der Waals surface area contributed by atoms with Crippen molar-refractivity contribution in [3.8, 4) is 0 Å². The number of nitrogens with one attached hydrogen (secondary N) is 1. The Kier molecular flexibility index (Phi) is 4.50. The Morgan fingerprint density at radius 3 is 2.19 bits per heavy atom. The van der Waals surface area contributed by atoms with Crippen LogP contribution in [-0.4, -0.2) is 8.42 Å². The van der Waals surface area contributed by atoms with Crippen LogP contribution in [0.1, 0.15) is 0 Å². The molecule has 0 atom stereocenters. The molecule has 21 heavy (non-hydrogen) atoms. The van der Waals surface area contributed by atoms with Crippen molar-refractivity contribution >= 4 is 43.2 Å². The number of benzene rings is 2. The van der Waals surface area contributed by atoms with Gasteiger partial charge in [-0.3, -0.25) is 4.72 Å². The van der Waals surface area contributed by atoms with E-state index in [2.05, 4.69) is 15.9 Å². The minimum Gasteiger partial charge on any atom is -0.278 e. The molecule has 0 radical (unpaired) electrons. The minimum atomic E-state index is -4.59. The molecule has 9 heteroatoms. The summed E-state index contributed by atoms with van der Waals surface area (Å²) in [5.74, 6) is -4.27. The van der Waals surface area contributed by atoms with E-state index in [1.807, 2.05) is 4.72 Å². The molecule has 0 aromatic heterocycles. The molecule has 0 spiro atoms. The van der Waals surface area contributed by atoms with Gasteiger partial charge in [-0.05, 0) is 34.1 Å². The number of hydrogen-bond donors (Lipinski definition) is 1. The number of sulfonamides is 1. The van der Waals surface area contributed by atoms with Gasteiger partial charge in [0.05, 0.1) is 5.69 Å². The average molecular weight is 401 g/mol. The van der Waals surface area contributed by atoms with Gasteiger partial charge < -0.3 is 0 Å². The smallest absolute Gasteiger partial charge is 0.267 e. The molecule has 0 amide bonds. The van der Waals surface area contributed by atoms with Gasteiger partial charge >= 0.3 is 0 Å². The maximum Gasteiger partial charge on any atom is 0.267 e. The maximum absolute atomic E-state index is 13.6. The highest BCUT2D eigenvalue weighted by Gasteiger charge is 2.26. The largest absolute Gasteiger partial charge is 0.278 e. The van der Waals surface area contributed by atoms with Crippen molar-refractivity contribution in [1.82, 2.24) is 0 Å². The molecule has 0 saturated carbocycles. The van der Waals surface area contributed by atoms with Gasteiger partial charge in [0.1, 0.15) is 17.5 Å². The first kappa shape index (κ1) is 16.1. The molecule has 2 aromatic carbocycles. The SMILES string of the molecule is O=S(=O)(Nc1cc(Cl)ccc1Br)c1c(F)cc(F)cc1F. The molecular formula is C12H6BrClF3NO2S. The van der Waals surface area contributed by atoms with E-state index in [0.717, 1.165) is 0 Å². The summed E-state index contributed by atoms with van der Waals surface area (Å²) in [5.41, 5.74) is -0.00868. The first-order chi connectivity index (χ1) is 9.70. The Morgan fingerprint density at radius 1 is 1.05 bits per heavy atom. The van der Waals surface area contributed by atoms with Gasteiger partial charge in [-0.2, -0.15) is 0 Å². The van der Waals surface area contributed by atoms with E-state index in [-0.39, 0.29) is 22.8 Å². The molecule has 0 aliphatic carbocycles. The summed E-state index contributed by atoms with van der Waals surface area (Å²) in [6.45, 7) is 0. The molecule has 0 aliphatic rings. The van der Waals surface area contributed by atoms with Crippen molar-refractivity contribution in [1.29, 1.82) is 0 Å². The Bertz CT molecular complexity index is 791. The van der Waals surface area contributed by atoms with Gasteiger partial charge in [0.15, 0.2) is 4.90 Å². The van der Waals surface area contributed by atoms with Crippen LogP contribution in [0.25, 0.3) is 0 Å². The van der Waals surface area contributed by atoms with Crippen molar-refractivity contribution < 1.29 is 21.6 Å². The summed E-state index contributed by atoms with van der Waals surface area (Å²) in [5, 5.41) is 0.218. The second kappa shape index (κ2) is 5.86. The zero-order valence-corrected chi connectivity index (χ0v) is 13.2. The van der Waals surface area contributed by atoms with Crippen molar-refractivity contribution in [3.63, 3.8) is 0 Å². The van der Waals surface area contributed by atoms with Crippen LogP contribution in [0, 0.1) is 17.5 Å². The van der Waals surface area contributed by atoms with Crippen molar-refractivity contribution in [3.05, 3.63) is 57.3 Å². The van der Waals surface area contributed by atoms with E-state index in [1.54, 1.807) is 0 Å². The summed E-state index contributed by atoms with van der Waals surface area (Å²) < 4.78 is 66.3. The van der Waals surface area contributed by atoms with Gasteiger partial charge in [-0.1, -0.05) is 11.6 Å². The van der Waals surface area contributed by atoms with Gasteiger partial charge in [0, 0.05) is 21.6 Å². The topological polar surface area (TPSA) is 46.2 Å². The zero-order valence-electron chi connectivity index (χ0n) is 10.0. The molecule has 0 unspecified atom stereocenters. The quantitative estimate of drug-likeness (QED) is 0.834. The van der Waals surface area contributed by atoms with E-state index < -0.39 is 32.4 Å². The van der Waals surface area contributed by atoms with Crippen LogP contribution in [0.3, 0.4) is 0 Å². The summed E-state index contributed by atoms with van der Waals surface area (Å²) in [4.78, 5) is -1.27. The van der Waals surface area contributed by atoms with Crippen LogP contribution in [-0.2, 0) is 10.0 Å². The summed E-state index contributed by atoms with van der Waals surface area (Å²) in [6, 6.07) is 4.76. The third kappa shape index (κ3) is 3.50. The number of hydrogen-bond acceptors (Lipinski definition) is 2. The molecule has 0 aliphatic heterocycles. The normalized spacial score (nSPS) is 11.5. The lowest BCUT2D eigenvalue weighted by molar-refractivity contribution is 0.498. The standard InChI is InChI=1S/C12H6BrClF3NO2S/c13-8-2-1-6(14)3-11(8)18-21(19,20)12-9(16)4-7(15)5-10(12)17/h1-5,18H. The number of rotatable bonds is 3. The van der Waals surface area contributed by atoms with E-state index in [4.69, 9.17) is 11.6 Å². The van der Waals surface area contributed by atoms with Gasteiger partial charge in [0.2, 0.25) is 0 Å². The molecule has 0 saturated heterocycles. The lowest BCUT2D eigenvalue weighted by Gasteiger charge is -2.11. The Morgan fingerprint density at radius 2 is 1.62 bits per heavy atom. The predicted molar refractivity (Wildman–Crippen MR) is 76.3 cm³/mol. The minimum absolute atomic E-state index is 0.00868. The van der Waals surface area contributed by atoms with Crippen LogP contribution in [0.4, 0.5) is 18.9 Å². The molecule has 2 rings (SSSR count). The van der Waals surface area contributed by atoms with E-state index in [1.165, 1.54) is 18.2 Å². The lowest BCUT2D eigenvalue weighted by atomic mass is 10.3. The van der Waals surface area contributed by atoms with Crippen LogP contribution in [0.2, 0.25) is 5.02 Å². The fourth-order valence-electron chi connectivity index (χ4n) is 1.56. The van der Waals surface area contributed by atoms with Crippen molar-refractivity contribution in [2.24, 2.45) is 0 Å². The first-order valence-electron chi connectivity index (χ1n) is 5.33. The molecule has 0 heterocycles. The maximum atomic E-state index is 13.6. The summed E-state index contributed by atoms with van der Waals surface area (Å²) >= 11 is 8.79. The number of anilines is 1. The predicted octanol–water partition coefficient (Wildman–Crippen LogP) is 4.32. The van der Waals surface area contributed by atoms with Gasteiger partial charge in [-0.15, -0.1) is 0 Å². The molecule has 112 valence electrons. The second-order valence-corrected chi connectivity index (χ2v) is 6.84. The van der Waals surface area contributed by atoms with Crippen molar-refractivity contribution in [2.75, 3.05) is 4.72 Å². The van der Waals surface area contributed by atoms with E-state index >= 15 is 0 Å². The van der Waals surface area contributed by atoms with Crippen LogP contribution < -0.4 is 4.72 Å². The summed E-state index contributed by atoms with van der Waals surface area (Å²) in [7, 11) is -4.59. The van der Waals surface area contributed by atoms with E-state index in [9.17, 15) is 21.6 Å². The zero-order chi connectivity index (χ0) is 15.8. The fourth-order valence-corrected chi connectivity index (χ4v) is 3.40. The Balaban J connectivity index is 2.51. The third-order valence-electron chi connectivity index (χ3n) is 2.40. The molecule has 0 bridgehead atoms.